The van der Waals surface area contributed by atoms with E-state index in [0.717, 1.165) is 24.5 Å². The zero-order valence-electron chi connectivity index (χ0n) is 57.3. The van der Waals surface area contributed by atoms with Crippen molar-refractivity contribution in [3.05, 3.63) is 230 Å². The number of hydrogen-bond donors (Lipinski definition) is 0. The van der Waals surface area contributed by atoms with Crippen molar-refractivity contribution in [3.8, 4) is 11.5 Å². The van der Waals surface area contributed by atoms with Crippen molar-refractivity contribution in [2.45, 2.75) is 232 Å². The van der Waals surface area contributed by atoms with E-state index in [1.54, 1.807) is 12.3 Å². The molecule has 7 rings (SSSR count). The standard InChI is InChI=1S/C13H20.C12H20Si.C11H16O.3C11H16.C10H14O/c2*1-10(2)11-6-8-12(9-7-11)13(3,4)5;1-4-12-11-7-5-6-10(8-11)9(2)3;1-8(2)11-6-9(3)5-10(4)7-11;1-8(2)11-6-5-9(3)10(4)7-11;1-4-10-5-7-11(8-6-10)9(2)3;1-8(2)9-4-6-10(11-3)7-5-9/h2*6-10H,1-5H3;5-9H,4H2,1-3H3;2*5-8H,1-4H3;5-9H,4H2,1-3H3;4-8H,1-3H3. The lowest BCUT2D eigenvalue weighted by Crippen LogP contribution is -2.37. The molecule has 0 amide bonds. The topological polar surface area (TPSA) is 18.5 Å². The van der Waals surface area contributed by atoms with Crippen LogP contribution in [0.15, 0.2) is 158 Å². The molecule has 0 aliphatic heterocycles. The third-order valence-electron chi connectivity index (χ3n) is 14.7. The van der Waals surface area contributed by atoms with E-state index in [-0.39, 0.29) is 5.41 Å². The SMILES string of the molecule is CC(C)c1ccc(C(C)(C)C)cc1.CC(C)c1ccc([Si](C)(C)C)cc1.CCOc1cccc(C(C)C)c1.CCc1ccc(C(C)C)cc1.COc1ccc(C(C)C)cc1.Cc1cc(C)cc(C(C)C)c1.Cc1ccc(C(C)C)cc1C. The average Bonchev–Trinajstić information content (AvgIpc) is 3.46. The van der Waals surface area contributed by atoms with Crippen LogP contribution in [0.5, 0.6) is 11.5 Å². The molecule has 0 radical (unpaired) electrons. The highest BCUT2D eigenvalue weighted by Gasteiger charge is 2.16. The Morgan fingerprint density at radius 3 is 1.11 bits per heavy atom. The Kier molecular flexibility index (Phi) is 34.0. The molecule has 82 heavy (non-hydrogen) atoms. The minimum Gasteiger partial charge on any atom is -0.497 e. The second kappa shape index (κ2) is 37.5. The van der Waals surface area contributed by atoms with Crippen LogP contribution in [-0.2, 0) is 11.8 Å². The maximum Gasteiger partial charge on any atom is 0.119 e. The van der Waals surface area contributed by atoms with Crippen molar-refractivity contribution < 1.29 is 9.47 Å². The van der Waals surface area contributed by atoms with Gasteiger partial charge in [0, 0.05) is 0 Å². The van der Waals surface area contributed by atoms with Crippen molar-refractivity contribution in [3.63, 3.8) is 0 Å². The van der Waals surface area contributed by atoms with Crippen LogP contribution in [0, 0.1) is 27.7 Å². The molecule has 0 saturated carbocycles. The maximum atomic E-state index is 5.40. The normalized spacial score (nSPS) is 11.0. The molecule has 0 N–H and O–H groups in total. The number of methoxy groups -OCH3 is 1. The van der Waals surface area contributed by atoms with Gasteiger partial charge in [-0.25, -0.2) is 0 Å². The van der Waals surface area contributed by atoms with Crippen LogP contribution in [0.2, 0.25) is 19.6 Å². The largest absolute Gasteiger partial charge is 0.497 e. The molecule has 7 aromatic rings. The van der Waals surface area contributed by atoms with Crippen molar-refractivity contribution in [1.29, 1.82) is 0 Å². The number of hydrogen-bond acceptors (Lipinski definition) is 2. The van der Waals surface area contributed by atoms with Gasteiger partial charge >= 0.3 is 0 Å². The molecule has 2 nitrogen and oxygen atoms in total. The fourth-order valence-corrected chi connectivity index (χ4v) is 9.63. The molecular formula is C79H118O2Si. The number of benzene rings is 7. The first-order chi connectivity index (χ1) is 38.2. The lowest BCUT2D eigenvalue weighted by atomic mass is 9.86. The Bertz CT molecular complexity index is 2640. The Hall–Kier alpha value is -5.64. The third-order valence-corrected chi connectivity index (χ3v) is 16.7. The molecular weight excluding hydrogens is 1010 g/mol. The molecule has 450 valence electrons. The summed E-state index contributed by atoms with van der Waals surface area (Å²) in [5, 5.41) is 1.55. The molecule has 0 heterocycles. The highest BCUT2D eigenvalue weighted by atomic mass is 28.3. The lowest BCUT2D eigenvalue weighted by Gasteiger charge is -2.19. The molecule has 0 atom stereocenters. The lowest BCUT2D eigenvalue weighted by molar-refractivity contribution is 0.340. The molecule has 0 spiro atoms. The van der Waals surface area contributed by atoms with Gasteiger partial charge in [0.25, 0.3) is 0 Å². The van der Waals surface area contributed by atoms with Crippen LogP contribution in [-0.4, -0.2) is 21.8 Å². The van der Waals surface area contributed by atoms with Crippen molar-refractivity contribution in [2.75, 3.05) is 13.7 Å². The molecule has 7 aromatic carbocycles. The second-order valence-corrected chi connectivity index (χ2v) is 31.5. The summed E-state index contributed by atoms with van der Waals surface area (Å²) in [6.45, 7) is 58.5. The summed E-state index contributed by atoms with van der Waals surface area (Å²) in [7, 11) is 0.594. The maximum absolute atomic E-state index is 5.40. The Balaban J connectivity index is 0.000000479. The van der Waals surface area contributed by atoms with Gasteiger partial charge in [0.1, 0.15) is 11.5 Å². The number of ether oxygens (including phenoxy) is 2. The molecule has 3 heteroatoms. The van der Waals surface area contributed by atoms with Gasteiger partial charge in [0.15, 0.2) is 0 Å². The average molecular weight is 1130 g/mol. The Morgan fingerprint density at radius 2 is 0.756 bits per heavy atom. The first kappa shape index (κ1) is 74.4. The summed E-state index contributed by atoms with van der Waals surface area (Å²) >= 11 is 0. The molecule has 0 unspecified atom stereocenters. The highest BCUT2D eigenvalue weighted by Crippen LogP contribution is 2.25. The van der Waals surface area contributed by atoms with Crippen LogP contribution in [0.4, 0.5) is 0 Å². The molecule has 0 aliphatic rings. The predicted molar refractivity (Wildman–Crippen MR) is 371 cm³/mol. The van der Waals surface area contributed by atoms with Gasteiger partial charge in [-0.3, -0.25) is 0 Å². The summed E-state index contributed by atoms with van der Waals surface area (Å²) in [6, 6.07) is 56.9. The molecule has 0 aliphatic carbocycles. The Labute approximate surface area is 507 Å². The quantitative estimate of drug-likeness (QED) is 0.114. The fourth-order valence-electron chi connectivity index (χ4n) is 8.46. The minimum absolute atomic E-state index is 0.273. The van der Waals surface area contributed by atoms with Crippen LogP contribution in [0.25, 0.3) is 0 Å². The number of aryl methyl sites for hydroxylation is 5. The van der Waals surface area contributed by atoms with Gasteiger partial charge in [0.05, 0.1) is 21.8 Å². The van der Waals surface area contributed by atoms with Gasteiger partial charge < -0.3 is 9.47 Å². The highest BCUT2D eigenvalue weighted by molar-refractivity contribution is 6.88. The first-order valence-corrected chi connectivity index (χ1v) is 34.6. The summed E-state index contributed by atoms with van der Waals surface area (Å²) in [6.07, 6.45) is 1.14. The third kappa shape index (κ3) is 29.6. The van der Waals surface area contributed by atoms with Crippen LogP contribution in [0.1, 0.15) is 245 Å². The van der Waals surface area contributed by atoms with Crippen molar-refractivity contribution in [2.24, 2.45) is 0 Å². The van der Waals surface area contributed by atoms with Crippen molar-refractivity contribution in [1.82, 2.24) is 0 Å². The van der Waals surface area contributed by atoms with E-state index in [1.165, 1.54) is 72.3 Å². The zero-order valence-corrected chi connectivity index (χ0v) is 58.3. The molecule has 0 aromatic heterocycles. The van der Waals surface area contributed by atoms with Gasteiger partial charge in [-0.2, -0.15) is 0 Å². The van der Waals surface area contributed by atoms with E-state index in [4.69, 9.17) is 9.47 Å². The first-order valence-electron chi connectivity index (χ1n) is 31.1. The van der Waals surface area contributed by atoms with E-state index in [9.17, 15) is 0 Å². The zero-order chi connectivity index (χ0) is 62.5. The van der Waals surface area contributed by atoms with Gasteiger partial charge in [-0.05, 0) is 173 Å². The van der Waals surface area contributed by atoms with Crippen LogP contribution >= 0.6 is 0 Å². The second-order valence-electron chi connectivity index (χ2n) is 26.5. The van der Waals surface area contributed by atoms with Gasteiger partial charge in [-0.15, -0.1) is 0 Å². The fraction of sp³-hybridized carbons (Fsp3) is 0.468. The van der Waals surface area contributed by atoms with E-state index in [0.29, 0.717) is 41.4 Å². The predicted octanol–water partition coefficient (Wildman–Crippen LogP) is 23.7. The van der Waals surface area contributed by atoms with Crippen LogP contribution < -0.4 is 14.7 Å². The summed E-state index contributed by atoms with van der Waals surface area (Å²) < 4.78 is 10.4. The van der Waals surface area contributed by atoms with E-state index in [1.807, 2.05) is 31.2 Å². The molecule has 0 saturated heterocycles. The monoisotopic (exact) mass is 1130 g/mol. The van der Waals surface area contributed by atoms with Crippen LogP contribution in [0.3, 0.4) is 0 Å². The molecule has 0 fully saturated rings. The number of rotatable bonds is 12. The summed E-state index contributed by atoms with van der Waals surface area (Å²) in [4.78, 5) is 0. The summed E-state index contributed by atoms with van der Waals surface area (Å²) in [5.41, 5.74) is 18.5. The van der Waals surface area contributed by atoms with Gasteiger partial charge in [0.2, 0.25) is 0 Å². The van der Waals surface area contributed by atoms with E-state index < -0.39 is 8.07 Å². The molecule has 0 bridgehead atoms. The van der Waals surface area contributed by atoms with Gasteiger partial charge in [-0.1, -0.05) is 294 Å². The minimum atomic E-state index is -1.09. The van der Waals surface area contributed by atoms with E-state index >= 15 is 0 Å². The Morgan fingerprint density at radius 1 is 0.378 bits per heavy atom. The van der Waals surface area contributed by atoms with E-state index in [2.05, 4.69) is 305 Å². The smallest absolute Gasteiger partial charge is 0.119 e. The summed E-state index contributed by atoms with van der Waals surface area (Å²) in [5.74, 6) is 6.30. The van der Waals surface area contributed by atoms with Crippen molar-refractivity contribution >= 4 is 13.3 Å².